The second kappa shape index (κ2) is 10.9. The Morgan fingerprint density at radius 2 is 1.69 bits per heavy atom. The van der Waals surface area contributed by atoms with E-state index in [1.807, 2.05) is 12.1 Å². The SMILES string of the molecule is CC1C(O)CC[C@]2(C)C(NC3CCCCC3)C(=Cc3cccc(C#Cc4cccc(F)c4)c3)CCC12. The highest BCUT2D eigenvalue weighted by Crippen LogP contribution is 2.54. The van der Waals surface area contributed by atoms with Crippen LogP contribution in [0.4, 0.5) is 4.39 Å². The van der Waals surface area contributed by atoms with Crippen molar-refractivity contribution in [1.29, 1.82) is 0 Å². The summed E-state index contributed by atoms with van der Waals surface area (Å²) >= 11 is 0. The summed E-state index contributed by atoms with van der Waals surface area (Å²) < 4.78 is 13.5. The van der Waals surface area contributed by atoms with Crippen LogP contribution in [-0.4, -0.2) is 23.3 Å². The third kappa shape index (κ3) is 5.46. The lowest BCUT2D eigenvalue weighted by molar-refractivity contribution is -0.0609. The number of hydrogen-bond donors (Lipinski definition) is 2. The second-order valence-corrected chi connectivity index (χ2v) is 11.7. The fourth-order valence-electron chi connectivity index (χ4n) is 7.21. The molecule has 5 atom stereocenters. The fourth-order valence-corrected chi connectivity index (χ4v) is 7.21. The molecule has 4 unspecified atom stereocenters. The van der Waals surface area contributed by atoms with E-state index in [0.717, 1.165) is 31.2 Å². The van der Waals surface area contributed by atoms with E-state index in [1.165, 1.54) is 55.4 Å². The maximum atomic E-state index is 13.5. The van der Waals surface area contributed by atoms with Crippen LogP contribution in [-0.2, 0) is 0 Å². The first kappa shape index (κ1) is 25.2. The largest absolute Gasteiger partial charge is 0.393 e. The van der Waals surface area contributed by atoms with Gasteiger partial charge in [-0.15, -0.1) is 0 Å². The Kier molecular flexibility index (Phi) is 7.65. The molecule has 2 aromatic carbocycles. The van der Waals surface area contributed by atoms with Crippen molar-refractivity contribution in [2.45, 2.75) is 89.8 Å². The molecular weight excluding hydrogens is 445 g/mol. The van der Waals surface area contributed by atoms with Gasteiger partial charge in [-0.2, -0.15) is 0 Å². The van der Waals surface area contributed by atoms with Gasteiger partial charge in [0.2, 0.25) is 0 Å². The van der Waals surface area contributed by atoms with E-state index in [-0.39, 0.29) is 17.3 Å². The summed E-state index contributed by atoms with van der Waals surface area (Å²) in [5.41, 5.74) is 4.47. The summed E-state index contributed by atoms with van der Waals surface area (Å²) in [6.07, 6.45) is 13.0. The molecule has 3 saturated carbocycles. The van der Waals surface area contributed by atoms with Crippen LogP contribution < -0.4 is 5.32 Å². The maximum Gasteiger partial charge on any atom is 0.124 e. The standard InChI is InChI=1S/C33H40FNO/c1-23-30-17-16-27(32(33(30,2)19-18-31(23)36)35-29-12-4-3-5-13-29)21-26-10-6-8-24(20-26)14-15-25-9-7-11-28(34)22-25/h6-11,20-23,29-32,35-36H,3-5,12-13,16-19H2,1-2H3/t23?,30?,31?,32?,33-/m0/s1. The lowest BCUT2D eigenvalue weighted by atomic mass is 9.53. The average Bonchev–Trinajstić information content (AvgIpc) is 2.88. The van der Waals surface area contributed by atoms with Crippen molar-refractivity contribution in [2.24, 2.45) is 17.3 Å². The molecule has 3 fully saturated rings. The summed E-state index contributed by atoms with van der Waals surface area (Å²) in [4.78, 5) is 0. The molecule has 0 spiro atoms. The van der Waals surface area contributed by atoms with Gasteiger partial charge < -0.3 is 10.4 Å². The minimum atomic E-state index is -0.259. The van der Waals surface area contributed by atoms with Crippen LogP contribution in [0.15, 0.2) is 54.1 Å². The summed E-state index contributed by atoms with van der Waals surface area (Å²) in [5.74, 6) is 6.95. The summed E-state index contributed by atoms with van der Waals surface area (Å²) in [6.45, 7) is 4.74. The molecule has 2 N–H and O–H groups in total. The van der Waals surface area contributed by atoms with Gasteiger partial charge in [-0.1, -0.05) is 74.8 Å². The van der Waals surface area contributed by atoms with Crippen molar-refractivity contribution >= 4 is 6.08 Å². The van der Waals surface area contributed by atoms with E-state index in [1.54, 1.807) is 6.07 Å². The summed E-state index contributed by atoms with van der Waals surface area (Å²) in [5, 5.41) is 14.8. The van der Waals surface area contributed by atoms with Crippen molar-refractivity contribution in [3.8, 4) is 11.8 Å². The number of nitrogens with one attached hydrogen (secondary N) is 1. The van der Waals surface area contributed by atoms with Crippen LogP contribution in [0.2, 0.25) is 0 Å². The van der Waals surface area contributed by atoms with Crippen molar-refractivity contribution in [1.82, 2.24) is 5.32 Å². The van der Waals surface area contributed by atoms with Crippen LogP contribution in [0, 0.1) is 34.9 Å². The normalized spacial score (nSPS) is 31.9. The van der Waals surface area contributed by atoms with Crippen LogP contribution in [0.25, 0.3) is 6.08 Å². The molecule has 0 bridgehead atoms. The van der Waals surface area contributed by atoms with Gasteiger partial charge in [0.1, 0.15) is 5.82 Å². The topological polar surface area (TPSA) is 32.3 Å². The molecule has 0 aromatic heterocycles. The van der Waals surface area contributed by atoms with Crippen molar-refractivity contribution in [2.75, 3.05) is 0 Å². The zero-order chi connectivity index (χ0) is 25.1. The monoisotopic (exact) mass is 485 g/mol. The molecule has 3 aliphatic rings. The predicted octanol–water partition coefficient (Wildman–Crippen LogP) is 7.11. The Hall–Kier alpha value is -2.41. The van der Waals surface area contributed by atoms with Gasteiger partial charge in [-0.25, -0.2) is 4.39 Å². The molecule has 0 aliphatic heterocycles. The first-order valence-corrected chi connectivity index (χ1v) is 13.9. The van der Waals surface area contributed by atoms with Crippen molar-refractivity contribution in [3.63, 3.8) is 0 Å². The second-order valence-electron chi connectivity index (χ2n) is 11.7. The molecule has 0 radical (unpaired) electrons. The number of benzene rings is 2. The third-order valence-electron chi connectivity index (χ3n) is 9.26. The Morgan fingerprint density at radius 3 is 2.44 bits per heavy atom. The minimum Gasteiger partial charge on any atom is -0.393 e. The quantitative estimate of drug-likeness (QED) is 0.454. The van der Waals surface area contributed by atoms with Crippen LogP contribution >= 0.6 is 0 Å². The average molecular weight is 486 g/mol. The van der Waals surface area contributed by atoms with E-state index < -0.39 is 0 Å². The number of fused-ring (bicyclic) bond motifs is 1. The zero-order valence-corrected chi connectivity index (χ0v) is 21.8. The van der Waals surface area contributed by atoms with E-state index in [0.29, 0.717) is 29.5 Å². The molecule has 2 nitrogen and oxygen atoms in total. The first-order chi connectivity index (χ1) is 17.4. The van der Waals surface area contributed by atoms with Crippen LogP contribution in [0.3, 0.4) is 0 Å². The Bertz CT molecular complexity index is 1150. The molecule has 190 valence electrons. The molecule has 0 heterocycles. The Labute approximate surface area is 216 Å². The smallest absolute Gasteiger partial charge is 0.124 e. The van der Waals surface area contributed by atoms with E-state index in [2.05, 4.69) is 55.3 Å². The predicted molar refractivity (Wildman–Crippen MR) is 146 cm³/mol. The van der Waals surface area contributed by atoms with Gasteiger partial charge in [0.05, 0.1) is 6.10 Å². The highest BCUT2D eigenvalue weighted by atomic mass is 19.1. The molecular formula is C33H40FNO. The Morgan fingerprint density at radius 1 is 0.972 bits per heavy atom. The molecule has 3 heteroatoms. The molecule has 0 saturated heterocycles. The molecule has 3 aliphatic carbocycles. The number of aliphatic hydroxyl groups excluding tert-OH is 1. The summed E-state index contributed by atoms with van der Waals surface area (Å²) in [6, 6.07) is 15.8. The van der Waals surface area contributed by atoms with Gasteiger partial charge in [-0.3, -0.25) is 0 Å². The highest BCUT2D eigenvalue weighted by molar-refractivity contribution is 5.58. The van der Waals surface area contributed by atoms with E-state index in [4.69, 9.17) is 0 Å². The van der Waals surface area contributed by atoms with Gasteiger partial charge >= 0.3 is 0 Å². The lowest BCUT2D eigenvalue weighted by Gasteiger charge is -2.56. The first-order valence-electron chi connectivity index (χ1n) is 13.9. The number of aliphatic hydroxyl groups is 1. The minimum absolute atomic E-state index is 0.162. The van der Waals surface area contributed by atoms with Crippen molar-refractivity contribution in [3.05, 3.63) is 76.6 Å². The van der Waals surface area contributed by atoms with E-state index >= 15 is 0 Å². The van der Waals surface area contributed by atoms with Gasteiger partial charge in [0, 0.05) is 23.2 Å². The zero-order valence-electron chi connectivity index (χ0n) is 21.8. The number of hydrogen-bond acceptors (Lipinski definition) is 2. The van der Waals surface area contributed by atoms with Gasteiger partial charge in [0.25, 0.3) is 0 Å². The Balaban J connectivity index is 1.44. The van der Waals surface area contributed by atoms with Crippen molar-refractivity contribution < 1.29 is 9.50 Å². The lowest BCUT2D eigenvalue weighted by Crippen LogP contribution is -2.59. The molecule has 36 heavy (non-hydrogen) atoms. The summed E-state index contributed by atoms with van der Waals surface area (Å²) in [7, 11) is 0. The molecule has 0 amide bonds. The molecule has 5 rings (SSSR count). The number of rotatable bonds is 3. The molecule has 2 aromatic rings. The van der Waals surface area contributed by atoms with Gasteiger partial charge in [-0.05, 0) is 91.7 Å². The fraction of sp³-hybridized carbons (Fsp3) is 0.515. The van der Waals surface area contributed by atoms with Crippen LogP contribution in [0.5, 0.6) is 0 Å². The van der Waals surface area contributed by atoms with Gasteiger partial charge in [0.15, 0.2) is 0 Å². The third-order valence-corrected chi connectivity index (χ3v) is 9.26. The van der Waals surface area contributed by atoms with E-state index in [9.17, 15) is 9.50 Å². The number of halogens is 1. The highest BCUT2D eigenvalue weighted by Gasteiger charge is 2.52. The van der Waals surface area contributed by atoms with Crippen LogP contribution in [0.1, 0.15) is 88.3 Å². The maximum absolute atomic E-state index is 13.5.